The second-order valence-corrected chi connectivity index (χ2v) is 7.01. The predicted octanol–water partition coefficient (Wildman–Crippen LogP) is 2.51. The van der Waals surface area contributed by atoms with Crippen LogP contribution in [0.15, 0.2) is 10.4 Å². The molecular formula is C16H30IN5S. The van der Waals surface area contributed by atoms with Gasteiger partial charge in [0.2, 0.25) is 0 Å². The third-order valence-corrected chi connectivity index (χ3v) is 4.85. The number of nitrogens with zero attached hydrogens (tertiary/aromatic N) is 3. The van der Waals surface area contributed by atoms with Crippen molar-refractivity contribution in [3.63, 3.8) is 0 Å². The summed E-state index contributed by atoms with van der Waals surface area (Å²) in [6.45, 7) is 9.87. The summed E-state index contributed by atoms with van der Waals surface area (Å²) in [6, 6.07) is 0. The Balaban J connectivity index is 0.00000264. The van der Waals surface area contributed by atoms with Gasteiger partial charge in [-0.1, -0.05) is 6.92 Å². The molecule has 1 fully saturated rings. The number of aromatic nitrogens is 1. The van der Waals surface area contributed by atoms with E-state index in [2.05, 4.69) is 37.8 Å². The fourth-order valence-electron chi connectivity index (χ4n) is 2.89. The largest absolute Gasteiger partial charge is 0.356 e. The molecule has 1 aromatic heterocycles. The SMILES string of the molecule is CCCN1CCC(CNC(=NC)NCCc2csc(C)n2)C1.I. The molecule has 1 aromatic rings. The molecule has 1 saturated heterocycles. The van der Waals surface area contributed by atoms with Crippen molar-refractivity contribution in [3.8, 4) is 0 Å². The Labute approximate surface area is 161 Å². The van der Waals surface area contributed by atoms with Crippen LogP contribution in [-0.4, -0.2) is 55.6 Å². The van der Waals surface area contributed by atoms with Crippen LogP contribution >= 0.6 is 35.3 Å². The molecule has 23 heavy (non-hydrogen) atoms. The third kappa shape index (κ3) is 7.34. The number of nitrogens with one attached hydrogen (secondary N) is 2. The summed E-state index contributed by atoms with van der Waals surface area (Å²) in [5, 5.41) is 10.1. The standard InChI is InChI=1S/C16H29N5S.HI/c1-4-8-21-9-6-14(11-21)10-19-16(17-3)18-7-5-15-12-22-13(2)20-15;/h12,14H,4-11H2,1-3H3,(H2,17,18,19);1H. The topological polar surface area (TPSA) is 52.5 Å². The average molecular weight is 451 g/mol. The van der Waals surface area contributed by atoms with Gasteiger partial charge in [0.15, 0.2) is 5.96 Å². The van der Waals surface area contributed by atoms with E-state index < -0.39 is 0 Å². The van der Waals surface area contributed by atoms with E-state index in [1.165, 1.54) is 32.5 Å². The number of aliphatic imine (C=N–C) groups is 1. The van der Waals surface area contributed by atoms with Gasteiger partial charge in [0.1, 0.15) is 0 Å². The molecule has 0 bridgehead atoms. The van der Waals surface area contributed by atoms with Crippen LogP contribution in [0, 0.1) is 12.8 Å². The number of halogens is 1. The molecular weight excluding hydrogens is 421 g/mol. The van der Waals surface area contributed by atoms with E-state index in [1.54, 1.807) is 11.3 Å². The predicted molar refractivity (Wildman–Crippen MR) is 110 cm³/mol. The number of guanidine groups is 1. The summed E-state index contributed by atoms with van der Waals surface area (Å²) < 4.78 is 0. The zero-order chi connectivity index (χ0) is 15.8. The Morgan fingerprint density at radius 2 is 2.30 bits per heavy atom. The Bertz CT molecular complexity index is 477. The average Bonchev–Trinajstić information content (AvgIpc) is 3.12. The van der Waals surface area contributed by atoms with Crippen molar-refractivity contribution in [3.05, 3.63) is 16.1 Å². The lowest BCUT2D eigenvalue weighted by Gasteiger charge is -2.16. The van der Waals surface area contributed by atoms with Gasteiger partial charge >= 0.3 is 0 Å². The van der Waals surface area contributed by atoms with Crippen molar-refractivity contribution in [2.75, 3.05) is 39.8 Å². The first-order valence-electron chi connectivity index (χ1n) is 8.29. The number of hydrogen-bond donors (Lipinski definition) is 2. The van der Waals surface area contributed by atoms with Crippen molar-refractivity contribution >= 4 is 41.3 Å². The minimum absolute atomic E-state index is 0. The molecule has 2 N–H and O–H groups in total. The number of rotatable bonds is 7. The molecule has 0 spiro atoms. The molecule has 5 nitrogen and oxygen atoms in total. The maximum atomic E-state index is 4.48. The van der Waals surface area contributed by atoms with E-state index in [1.807, 2.05) is 14.0 Å². The van der Waals surface area contributed by atoms with Crippen molar-refractivity contribution in [2.45, 2.75) is 33.1 Å². The second-order valence-electron chi connectivity index (χ2n) is 5.94. The Morgan fingerprint density at radius 3 is 2.96 bits per heavy atom. The first-order valence-corrected chi connectivity index (χ1v) is 9.17. The molecule has 1 unspecified atom stereocenters. The van der Waals surface area contributed by atoms with Crippen LogP contribution in [0.4, 0.5) is 0 Å². The zero-order valence-electron chi connectivity index (χ0n) is 14.5. The van der Waals surface area contributed by atoms with Gasteiger partial charge in [-0.25, -0.2) is 4.98 Å². The van der Waals surface area contributed by atoms with Gasteiger partial charge in [0, 0.05) is 38.5 Å². The van der Waals surface area contributed by atoms with Gasteiger partial charge in [-0.05, 0) is 38.8 Å². The van der Waals surface area contributed by atoms with Crippen LogP contribution in [0.1, 0.15) is 30.5 Å². The molecule has 0 saturated carbocycles. The van der Waals surface area contributed by atoms with Crippen LogP contribution in [0.25, 0.3) is 0 Å². The van der Waals surface area contributed by atoms with Gasteiger partial charge in [-0.15, -0.1) is 35.3 Å². The van der Waals surface area contributed by atoms with Crippen molar-refractivity contribution in [1.82, 2.24) is 20.5 Å². The van der Waals surface area contributed by atoms with Gasteiger partial charge in [-0.2, -0.15) is 0 Å². The van der Waals surface area contributed by atoms with Crippen molar-refractivity contribution in [2.24, 2.45) is 10.9 Å². The monoisotopic (exact) mass is 451 g/mol. The summed E-state index contributed by atoms with van der Waals surface area (Å²) in [5.41, 5.74) is 1.16. The molecule has 1 aliphatic heterocycles. The number of likely N-dealkylation sites (tertiary alicyclic amines) is 1. The van der Waals surface area contributed by atoms with E-state index in [9.17, 15) is 0 Å². The molecule has 2 heterocycles. The Hall–Kier alpha value is -0.410. The van der Waals surface area contributed by atoms with Crippen molar-refractivity contribution < 1.29 is 0 Å². The molecule has 0 aliphatic carbocycles. The first-order chi connectivity index (χ1) is 10.7. The highest BCUT2D eigenvalue weighted by Crippen LogP contribution is 2.15. The molecule has 2 rings (SSSR count). The lowest BCUT2D eigenvalue weighted by atomic mass is 10.1. The minimum atomic E-state index is 0. The normalized spacial score (nSPS) is 18.7. The summed E-state index contributed by atoms with van der Waals surface area (Å²) in [7, 11) is 1.83. The van der Waals surface area contributed by atoms with Crippen LogP contribution in [0.5, 0.6) is 0 Å². The minimum Gasteiger partial charge on any atom is -0.356 e. The summed E-state index contributed by atoms with van der Waals surface area (Å²) in [5.74, 6) is 1.65. The van der Waals surface area contributed by atoms with Crippen LogP contribution in [0.2, 0.25) is 0 Å². The van der Waals surface area contributed by atoms with E-state index in [0.717, 1.165) is 42.1 Å². The van der Waals surface area contributed by atoms with Gasteiger partial charge in [0.25, 0.3) is 0 Å². The van der Waals surface area contributed by atoms with Crippen LogP contribution in [0.3, 0.4) is 0 Å². The lowest BCUT2D eigenvalue weighted by Crippen LogP contribution is -2.41. The van der Waals surface area contributed by atoms with Gasteiger partial charge in [-0.3, -0.25) is 4.99 Å². The molecule has 7 heteroatoms. The highest BCUT2D eigenvalue weighted by atomic mass is 127. The summed E-state index contributed by atoms with van der Waals surface area (Å²) >= 11 is 1.71. The number of hydrogen-bond acceptors (Lipinski definition) is 4. The molecule has 132 valence electrons. The zero-order valence-corrected chi connectivity index (χ0v) is 17.6. The quantitative estimate of drug-likeness (QED) is 0.380. The maximum Gasteiger partial charge on any atom is 0.190 e. The Morgan fingerprint density at radius 1 is 1.48 bits per heavy atom. The lowest BCUT2D eigenvalue weighted by molar-refractivity contribution is 0.324. The fraction of sp³-hybridized carbons (Fsp3) is 0.750. The second kappa shape index (κ2) is 11.2. The number of aryl methyl sites for hydroxylation is 1. The highest BCUT2D eigenvalue weighted by molar-refractivity contribution is 14.0. The fourth-order valence-corrected chi connectivity index (χ4v) is 3.54. The Kier molecular flexibility index (Phi) is 10.0. The smallest absolute Gasteiger partial charge is 0.190 e. The van der Waals surface area contributed by atoms with Gasteiger partial charge in [0.05, 0.1) is 10.7 Å². The molecule has 1 atom stereocenters. The molecule has 0 radical (unpaired) electrons. The molecule has 0 aromatic carbocycles. The van der Waals surface area contributed by atoms with Gasteiger partial charge < -0.3 is 15.5 Å². The summed E-state index contributed by atoms with van der Waals surface area (Å²) in [6.07, 6.45) is 3.49. The van der Waals surface area contributed by atoms with E-state index in [-0.39, 0.29) is 24.0 Å². The van der Waals surface area contributed by atoms with E-state index >= 15 is 0 Å². The van der Waals surface area contributed by atoms with Crippen LogP contribution in [-0.2, 0) is 6.42 Å². The summed E-state index contributed by atoms with van der Waals surface area (Å²) in [4.78, 5) is 11.3. The van der Waals surface area contributed by atoms with Crippen molar-refractivity contribution in [1.29, 1.82) is 0 Å². The molecule has 1 aliphatic rings. The van der Waals surface area contributed by atoms with E-state index in [0.29, 0.717) is 0 Å². The highest BCUT2D eigenvalue weighted by Gasteiger charge is 2.21. The van der Waals surface area contributed by atoms with E-state index in [4.69, 9.17) is 0 Å². The van der Waals surface area contributed by atoms with Crippen LogP contribution < -0.4 is 10.6 Å². The number of thiazole rings is 1. The first kappa shape index (κ1) is 20.6. The maximum absolute atomic E-state index is 4.48. The third-order valence-electron chi connectivity index (χ3n) is 4.03. The molecule has 0 amide bonds.